The fourth-order valence-corrected chi connectivity index (χ4v) is 2.40. The molecule has 16 heavy (non-hydrogen) atoms. The number of benzene rings is 1. The van der Waals surface area contributed by atoms with E-state index in [0.717, 1.165) is 19.0 Å². The van der Waals surface area contributed by atoms with Crippen molar-refractivity contribution in [3.63, 3.8) is 0 Å². The summed E-state index contributed by atoms with van der Waals surface area (Å²) in [6.45, 7) is 6.63. The first kappa shape index (κ1) is 11.7. The summed E-state index contributed by atoms with van der Waals surface area (Å²) in [5.41, 5.74) is 4.62. The van der Waals surface area contributed by atoms with Gasteiger partial charge >= 0.3 is 0 Å². The molecule has 0 spiro atoms. The molecule has 1 aliphatic carbocycles. The monoisotopic (exact) mass is 217 g/mol. The average molecular weight is 217 g/mol. The minimum atomic E-state index is 0.734. The Kier molecular flexibility index (Phi) is 4.00. The topological polar surface area (TPSA) is 12.0 Å². The number of hydrogen-bond donors (Lipinski definition) is 1. The molecule has 2 rings (SSSR count). The van der Waals surface area contributed by atoms with Gasteiger partial charge in [-0.05, 0) is 54.8 Å². The van der Waals surface area contributed by atoms with Crippen LogP contribution < -0.4 is 5.32 Å². The third kappa shape index (κ3) is 3.08. The Balaban J connectivity index is 1.95. The molecule has 1 aromatic carbocycles. The summed E-state index contributed by atoms with van der Waals surface area (Å²) < 4.78 is 0. The van der Waals surface area contributed by atoms with Crippen LogP contribution in [0.5, 0.6) is 0 Å². The Bertz CT molecular complexity index is 341. The Hall–Kier alpha value is -0.820. The summed E-state index contributed by atoms with van der Waals surface area (Å²) in [7, 11) is 0. The SMILES string of the molecule is CC(C)CNCc1ccc2c(c1)CCCC2. The van der Waals surface area contributed by atoms with Crippen molar-refractivity contribution in [1.82, 2.24) is 5.32 Å². The Morgan fingerprint density at radius 2 is 1.88 bits per heavy atom. The van der Waals surface area contributed by atoms with Crippen LogP contribution in [-0.2, 0) is 19.4 Å². The lowest BCUT2D eigenvalue weighted by atomic mass is 9.90. The van der Waals surface area contributed by atoms with Crippen LogP contribution in [0.25, 0.3) is 0 Å². The highest BCUT2D eigenvalue weighted by Gasteiger charge is 2.09. The lowest BCUT2D eigenvalue weighted by Crippen LogP contribution is -2.19. The second kappa shape index (κ2) is 5.49. The minimum Gasteiger partial charge on any atom is -0.312 e. The van der Waals surface area contributed by atoms with Crippen molar-refractivity contribution in [1.29, 1.82) is 0 Å². The molecule has 1 aromatic rings. The van der Waals surface area contributed by atoms with Gasteiger partial charge in [0.15, 0.2) is 0 Å². The van der Waals surface area contributed by atoms with Crippen LogP contribution in [0.1, 0.15) is 43.4 Å². The Labute approximate surface area is 99.3 Å². The molecule has 0 saturated carbocycles. The number of rotatable bonds is 4. The van der Waals surface area contributed by atoms with Crippen molar-refractivity contribution in [3.05, 3.63) is 34.9 Å². The van der Waals surface area contributed by atoms with Crippen molar-refractivity contribution in [2.75, 3.05) is 6.54 Å². The van der Waals surface area contributed by atoms with Gasteiger partial charge in [0.1, 0.15) is 0 Å². The first-order valence-electron chi connectivity index (χ1n) is 6.57. The lowest BCUT2D eigenvalue weighted by molar-refractivity contribution is 0.552. The molecule has 1 nitrogen and oxygen atoms in total. The Morgan fingerprint density at radius 1 is 1.12 bits per heavy atom. The molecule has 0 heterocycles. The predicted octanol–water partition coefficient (Wildman–Crippen LogP) is 3.31. The third-order valence-electron chi connectivity index (χ3n) is 3.29. The van der Waals surface area contributed by atoms with Crippen molar-refractivity contribution in [2.24, 2.45) is 5.92 Å². The molecule has 1 N–H and O–H groups in total. The second-order valence-corrected chi connectivity index (χ2v) is 5.33. The van der Waals surface area contributed by atoms with E-state index < -0.39 is 0 Å². The number of aryl methyl sites for hydroxylation is 2. The first-order valence-corrected chi connectivity index (χ1v) is 6.57. The van der Waals surface area contributed by atoms with Crippen LogP contribution in [0.2, 0.25) is 0 Å². The van der Waals surface area contributed by atoms with E-state index in [9.17, 15) is 0 Å². The molecule has 1 heteroatoms. The van der Waals surface area contributed by atoms with Gasteiger partial charge in [-0.3, -0.25) is 0 Å². The Morgan fingerprint density at radius 3 is 2.62 bits per heavy atom. The highest BCUT2D eigenvalue weighted by atomic mass is 14.8. The van der Waals surface area contributed by atoms with Crippen LogP contribution in [0.4, 0.5) is 0 Å². The predicted molar refractivity (Wildman–Crippen MR) is 69.6 cm³/mol. The maximum atomic E-state index is 3.51. The van der Waals surface area contributed by atoms with Gasteiger partial charge in [0.2, 0.25) is 0 Å². The molecule has 0 atom stereocenters. The summed E-state index contributed by atoms with van der Waals surface area (Å²) >= 11 is 0. The molecular weight excluding hydrogens is 194 g/mol. The van der Waals surface area contributed by atoms with Crippen molar-refractivity contribution >= 4 is 0 Å². The lowest BCUT2D eigenvalue weighted by Gasteiger charge is -2.17. The molecule has 88 valence electrons. The van der Waals surface area contributed by atoms with Gasteiger partial charge in [-0.1, -0.05) is 32.0 Å². The van der Waals surface area contributed by atoms with Crippen LogP contribution >= 0.6 is 0 Å². The maximum Gasteiger partial charge on any atom is 0.0205 e. The van der Waals surface area contributed by atoms with Gasteiger partial charge in [0.25, 0.3) is 0 Å². The van der Waals surface area contributed by atoms with Crippen LogP contribution in [-0.4, -0.2) is 6.54 Å². The van der Waals surface area contributed by atoms with Crippen molar-refractivity contribution in [2.45, 2.75) is 46.1 Å². The maximum absolute atomic E-state index is 3.51. The smallest absolute Gasteiger partial charge is 0.0205 e. The summed E-state index contributed by atoms with van der Waals surface area (Å²) in [6.07, 6.45) is 5.32. The van der Waals surface area contributed by atoms with E-state index in [4.69, 9.17) is 0 Å². The van der Waals surface area contributed by atoms with E-state index >= 15 is 0 Å². The fourth-order valence-electron chi connectivity index (χ4n) is 2.40. The van der Waals surface area contributed by atoms with Crippen LogP contribution in [0.3, 0.4) is 0 Å². The quantitative estimate of drug-likeness (QED) is 0.816. The molecule has 0 aliphatic heterocycles. The molecule has 0 fully saturated rings. The molecule has 0 saturated heterocycles. The van der Waals surface area contributed by atoms with E-state index in [2.05, 4.69) is 37.4 Å². The van der Waals surface area contributed by atoms with E-state index in [-0.39, 0.29) is 0 Å². The summed E-state index contributed by atoms with van der Waals surface area (Å²) in [5, 5.41) is 3.51. The zero-order chi connectivity index (χ0) is 11.4. The van der Waals surface area contributed by atoms with E-state index in [1.54, 1.807) is 11.1 Å². The minimum absolute atomic E-state index is 0.734. The highest BCUT2D eigenvalue weighted by molar-refractivity contribution is 5.33. The van der Waals surface area contributed by atoms with Gasteiger partial charge in [-0.25, -0.2) is 0 Å². The summed E-state index contributed by atoms with van der Waals surface area (Å²) in [4.78, 5) is 0. The standard InChI is InChI=1S/C15H23N/c1-12(2)10-16-11-13-7-8-14-5-3-4-6-15(14)9-13/h7-9,12,16H,3-6,10-11H2,1-2H3. The molecule has 0 aromatic heterocycles. The first-order chi connectivity index (χ1) is 7.75. The zero-order valence-corrected chi connectivity index (χ0v) is 10.6. The van der Waals surface area contributed by atoms with E-state index in [0.29, 0.717) is 0 Å². The molecular formula is C15H23N. The van der Waals surface area contributed by atoms with Crippen molar-refractivity contribution < 1.29 is 0 Å². The zero-order valence-electron chi connectivity index (χ0n) is 10.6. The molecule has 1 aliphatic rings. The van der Waals surface area contributed by atoms with Gasteiger partial charge in [-0.2, -0.15) is 0 Å². The molecule has 0 bridgehead atoms. The van der Waals surface area contributed by atoms with Crippen LogP contribution in [0, 0.1) is 5.92 Å². The number of nitrogens with one attached hydrogen (secondary N) is 1. The fraction of sp³-hybridized carbons (Fsp3) is 0.600. The second-order valence-electron chi connectivity index (χ2n) is 5.33. The summed E-state index contributed by atoms with van der Waals surface area (Å²) in [6, 6.07) is 7.03. The normalized spacial score (nSPS) is 15.2. The van der Waals surface area contributed by atoms with Gasteiger partial charge in [0.05, 0.1) is 0 Å². The highest BCUT2D eigenvalue weighted by Crippen LogP contribution is 2.22. The molecule has 0 amide bonds. The van der Waals surface area contributed by atoms with Gasteiger partial charge in [0, 0.05) is 6.54 Å². The van der Waals surface area contributed by atoms with E-state index in [1.807, 2.05) is 0 Å². The van der Waals surface area contributed by atoms with Gasteiger partial charge < -0.3 is 5.32 Å². The summed E-state index contributed by atoms with van der Waals surface area (Å²) in [5.74, 6) is 0.734. The average Bonchev–Trinajstić information content (AvgIpc) is 2.28. The van der Waals surface area contributed by atoms with Gasteiger partial charge in [-0.15, -0.1) is 0 Å². The number of fused-ring (bicyclic) bond motifs is 1. The molecule has 0 radical (unpaired) electrons. The molecule has 0 unspecified atom stereocenters. The van der Waals surface area contributed by atoms with Crippen LogP contribution in [0.15, 0.2) is 18.2 Å². The largest absolute Gasteiger partial charge is 0.312 e. The third-order valence-corrected chi connectivity index (χ3v) is 3.29. The number of hydrogen-bond acceptors (Lipinski definition) is 1. The van der Waals surface area contributed by atoms with E-state index in [1.165, 1.54) is 31.2 Å². The van der Waals surface area contributed by atoms with Crippen molar-refractivity contribution in [3.8, 4) is 0 Å².